The van der Waals surface area contributed by atoms with E-state index in [1.165, 1.54) is 17.3 Å². The Hall–Kier alpha value is -1.82. The molecule has 0 bridgehead atoms. The second-order valence-corrected chi connectivity index (χ2v) is 6.26. The maximum atomic E-state index is 12.2. The summed E-state index contributed by atoms with van der Waals surface area (Å²) in [6, 6.07) is 8.34. The van der Waals surface area contributed by atoms with E-state index in [-0.39, 0.29) is 11.9 Å². The first-order valence-electron chi connectivity index (χ1n) is 7.36. The molecule has 2 aromatic rings. The van der Waals surface area contributed by atoms with Crippen LogP contribution in [0.25, 0.3) is 0 Å². The summed E-state index contributed by atoms with van der Waals surface area (Å²) in [4.78, 5) is 12.2. The number of carbonyl (C=O) groups is 1. The van der Waals surface area contributed by atoms with Gasteiger partial charge in [-0.2, -0.15) is 0 Å². The molecule has 0 aliphatic rings. The normalized spacial score (nSPS) is 12.2. The van der Waals surface area contributed by atoms with Crippen LogP contribution in [0.2, 0.25) is 0 Å². The van der Waals surface area contributed by atoms with Gasteiger partial charge in [0.2, 0.25) is 5.91 Å². The third-order valence-electron chi connectivity index (χ3n) is 3.61. The molecule has 5 nitrogen and oxygen atoms in total. The number of thioether (sulfide) groups is 1. The summed E-state index contributed by atoms with van der Waals surface area (Å²) < 4.78 is 1.88. The zero-order chi connectivity index (χ0) is 16.1. The molecule has 1 aromatic heterocycles. The molecule has 22 heavy (non-hydrogen) atoms. The maximum Gasteiger partial charge on any atom is 0.230 e. The van der Waals surface area contributed by atoms with Crippen LogP contribution in [-0.4, -0.2) is 26.4 Å². The van der Waals surface area contributed by atoms with Gasteiger partial charge in [-0.15, -0.1) is 10.2 Å². The van der Waals surface area contributed by atoms with Crippen LogP contribution in [0, 0.1) is 13.8 Å². The van der Waals surface area contributed by atoms with Crippen molar-refractivity contribution in [3.8, 4) is 0 Å². The molecule has 0 saturated carbocycles. The topological polar surface area (TPSA) is 59.8 Å². The van der Waals surface area contributed by atoms with Crippen LogP contribution in [-0.2, 0) is 11.8 Å². The molecule has 1 atom stereocenters. The van der Waals surface area contributed by atoms with Crippen molar-refractivity contribution < 1.29 is 4.79 Å². The van der Waals surface area contributed by atoms with Crippen molar-refractivity contribution in [2.45, 2.75) is 38.4 Å². The number of nitrogens with zero attached hydrogens (tertiary/aromatic N) is 3. The molecule has 0 radical (unpaired) electrons. The number of carbonyl (C=O) groups excluding carboxylic acids is 1. The Morgan fingerprint density at radius 1 is 1.27 bits per heavy atom. The molecule has 118 valence electrons. The lowest BCUT2D eigenvalue weighted by molar-refractivity contribution is -0.119. The predicted octanol–water partition coefficient (Wildman–Crippen LogP) is 2.79. The molecule has 1 amide bonds. The van der Waals surface area contributed by atoms with E-state index in [0.717, 1.165) is 23.0 Å². The van der Waals surface area contributed by atoms with E-state index in [1.54, 1.807) is 0 Å². The van der Waals surface area contributed by atoms with E-state index in [2.05, 4.69) is 53.6 Å². The Morgan fingerprint density at radius 3 is 2.50 bits per heavy atom. The fraction of sp³-hybridized carbons (Fsp3) is 0.438. The predicted molar refractivity (Wildman–Crippen MR) is 88.8 cm³/mol. The largest absolute Gasteiger partial charge is 0.349 e. The van der Waals surface area contributed by atoms with Gasteiger partial charge in [-0.05, 0) is 25.8 Å². The van der Waals surface area contributed by atoms with Crippen molar-refractivity contribution in [2.24, 2.45) is 7.05 Å². The van der Waals surface area contributed by atoms with E-state index in [4.69, 9.17) is 0 Å². The minimum atomic E-state index is 0.0121. The van der Waals surface area contributed by atoms with Gasteiger partial charge in [0.25, 0.3) is 0 Å². The third-order valence-corrected chi connectivity index (χ3v) is 4.63. The fourth-order valence-corrected chi connectivity index (χ4v) is 2.87. The summed E-state index contributed by atoms with van der Waals surface area (Å²) in [5.41, 5.74) is 2.36. The van der Waals surface area contributed by atoms with Crippen LogP contribution in [0.3, 0.4) is 0 Å². The highest BCUT2D eigenvalue weighted by Crippen LogP contribution is 2.19. The second kappa shape index (κ2) is 7.45. The summed E-state index contributed by atoms with van der Waals surface area (Å²) in [6.07, 6.45) is 0.864. The van der Waals surface area contributed by atoms with E-state index >= 15 is 0 Å². The monoisotopic (exact) mass is 318 g/mol. The van der Waals surface area contributed by atoms with E-state index in [0.29, 0.717) is 5.75 Å². The highest BCUT2D eigenvalue weighted by Gasteiger charge is 2.14. The van der Waals surface area contributed by atoms with Crippen LogP contribution >= 0.6 is 11.8 Å². The minimum absolute atomic E-state index is 0.0121. The van der Waals surface area contributed by atoms with Gasteiger partial charge in [0.05, 0.1) is 11.8 Å². The lowest BCUT2D eigenvalue weighted by Gasteiger charge is -2.17. The highest BCUT2D eigenvalue weighted by atomic mass is 32.2. The molecule has 0 spiro atoms. The van der Waals surface area contributed by atoms with Crippen molar-refractivity contribution in [1.29, 1.82) is 0 Å². The van der Waals surface area contributed by atoms with Gasteiger partial charge >= 0.3 is 0 Å². The molecule has 6 heteroatoms. The lowest BCUT2D eigenvalue weighted by atomic mass is 10.0. The number of rotatable bonds is 6. The SMILES string of the molecule is CC[C@@H](NC(=O)CSc1nnc(C)n1C)c1ccc(C)cc1. The number of amides is 1. The van der Waals surface area contributed by atoms with Gasteiger partial charge in [-0.25, -0.2) is 0 Å². The second-order valence-electron chi connectivity index (χ2n) is 5.32. The van der Waals surface area contributed by atoms with Crippen LogP contribution in [0.5, 0.6) is 0 Å². The van der Waals surface area contributed by atoms with Crippen molar-refractivity contribution >= 4 is 17.7 Å². The van der Waals surface area contributed by atoms with Crippen molar-refractivity contribution in [3.05, 3.63) is 41.2 Å². The summed E-state index contributed by atoms with van der Waals surface area (Å²) in [5, 5.41) is 11.9. The number of nitrogens with one attached hydrogen (secondary N) is 1. The molecular formula is C16H22N4OS. The molecule has 1 N–H and O–H groups in total. The maximum absolute atomic E-state index is 12.2. The first-order valence-corrected chi connectivity index (χ1v) is 8.34. The summed E-state index contributed by atoms with van der Waals surface area (Å²) in [6.45, 7) is 6.02. The van der Waals surface area contributed by atoms with Gasteiger partial charge in [0.1, 0.15) is 5.82 Å². The zero-order valence-electron chi connectivity index (χ0n) is 13.5. The Balaban J connectivity index is 1.92. The van der Waals surface area contributed by atoms with Gasteiger partial charge in [-0.1, -0.05) is 48.5 Å². The number of hydrogen-bond acceptors (Lipinski definition) is 4. The van der Waals surface area contributed by atoms with Crippen LogP contribution < -0.4 is 5.32 Å². The Bertz CT molecular complexity index is 636. The fourth-order valence-electron chi connectivity index (χ4n) is 2.10. The quantitative estimate of drug-likeness (QED) is 0.832. The van der Waals surface area contributed by atoms with Gasteiger partial charge in [-0.3, -0.25) is 4.79 Å². The van der Waals surface area contributed by atoms with Gasteiger partial charge < -0.3 is 9.88 Å². The standard InChI is InChI=1S/C16H22N4OS/c1-5-14(13-8-6-11(2)7-9-13)17-15(21)10-22-16-19-18-12(3)20(16)4/h6-9,14H,5,10H2,1-4H3,(H,17,21)/t14-/m1/s1. The third kappa shape index (κ3) is 4.10. The number of aromatic nitrogens is 3. The number of benzene rings is 1. The molecule has 0 saturated heterocycles. The first-order chi connectivity index (χ1) is 10.5. The molecule has 0 unspecified atom stereocenters. The van der Waals surface area contributed by atoms with Crippen LogP contribution in [0.4, 0.5) is 0 Å². The molecule has 0 aliphatic heterocycles. The summed E-state index contributed by atoms with van der Waals surface area (Å²) >= 11 is 1.40. The van der Waals surface area contributed by atoms with Crippen molar-refractivity contribution in [2.75, 3.05) is 5.75 Å². The first kappa shape index (κ1) is 16.5. The zero-order valence-corrected chi connectivity index (χ0v) is 14.3. The van der Waals surface area contributed by atoms with Crippen molar-refractivity contribution in [1.82, 2.24) is 20.1 Å². The van der Waals surface area contributed by atoms with E-state index in [1.807, 2.05) is 18.5 Å². The number of hydrogen-bond donors (Lipinski definition) is 1. The summed E-state index contributed by atoms with van der Waals surface area (Å²) in [7, 11) is 1.90. The Morgan fingerprint density at radius 2 is 1.95 bits per heavy atom. The average Bonchev–Trinajstić information content (AvgIpc) is 2.83. The highest BCUT2D eigenvalue weighted by molar-refractivity contribution is 7.99. The van der Waals surface area contributed by atoms with Gasteiger partial charge in [0, 0.05) is 7.05 Å². The number of aryl methyl sites for hydroxylation is 2. The summed E-state index contributed by atoms with van der Waals surface area (Å²) in [5.74, 6) is 1.20. The lowest BCUT2D eigenvalue weighted by Crippen LogP contribution is -2.29. The van der Waals surface area contributed by atoms with E-state index < -0.39 is 0 Å². The molecule has 0 aliphatic carbocycles. The smallest absolute Gasteiger partial charge is 0.230 e. The Kier molecular flexibility index (Phi) is 5.60. The average molecular weight is 318 g/mol. The van der Waals surface area contributed by atoms with Crippen LogP contribution in [0.15, 0.2) is 29.4 Å². The molecular weight excluding hydrogens is 296 g/mol. The van der Waals surface area contributed by atoms with Crippen LogP contribution in [0.1, 0.15) is 36.3 Å². The Labute approximate surface area is 135 Å². The molecule has 0 fully saturated rings. The molecule has 2 rings (SSSR count). The van der Waals surface area contributed by atoms with Crippen molar-refractivity contribution in [3.63, 3.8) is 0 Å². The minimum Gasteiger partial charge on any atom is -0.349 e. The van der Waals surface area contributed by atoms with Gasteiger partial charge in [0.15, 0.2) is 5.16 Å². The van der Waals surface area contributed by atoms with E-state index in [9.17, 15) is 4.79 Å². The molecule has 1 aromatic carbocycles. The molecule has 1 heterocycles.